The zero-order valence-electron chi connectivity index (χ0n) is 12.5. The summed E-state index contributed by atoms with van der Waals surface area (Å²) < 4.78 is 0. The monoisotopic (exact) mass is 261 g/mol. The molecule has 2 nitrogen and oxygen atoms in total. The number of aliphatic hydroxyl groups is 1. The minimum Gasteiger partial charge on any atom is -0.393 e. The summed E-state index contributed by atoms with van der Waals surface area (Å²) in [6, 6.07) is 8.55. The number of hydrogen-bond acceptors (Lipinski definition) is 2. The molecule has 19 heavy (non-hydrogen) atoms. The Bertz CT molecular complexity index is 404. The van der Waals surface area contributed by atoms with Gasteiger partial charge in [0.25, 0.3) is 0 Å². The Hall–Kier alpha value is -1.02. The first kappa shape index (κ1) is 14.4. The van der Waals surface area contributed by atoms with E-state index in [1.807, 2.05) is 0 Å². The second-order valence-electron chi connectivity index (χ2n) is 6.07. The molecule has 1 aromatic carbocycles. The maximum atomic E-state index is 10.2. The van der Waals surface area contributed by atoms with Gasteiger partial charge in [-0.15, -0.1) is 0 Å². The van der Waals surface area contributed by atoms with Crippen LogP contribution in [0.4, 0.5) is 5.69 Å². The summed E-state index contributed by atoms with van der Waals surface area (Å²) in [7, 11) is 0. The van der Waals surface area contributed by atoms with E-state index >= 15 is 0 Å². The van der Waals surface area contributed by atoms with Gasteiger partial charge in [-0.05, 0) is 50.7 Å². The highest BCUT2D eigenvalue weighted by Gasteiger charge is 2.28. The quantitative estimate of drug-likeness (QED) is 0.895. The standard InChI is InChI=1S/C17H27NO/c1-4-18(16-8-6-5-7-14(16)3)12-15-11-13(2)9-10-17(15)19/h5-8,13,15,17,19H,4,9-12H2,1-3H3. The zero-order chi connectivity index (χ0) is 13.8. The first-order valence-corrected chi connectivity index (χ1v) is 7.60. The predicted octanol–water partition coefficient (Wildman–Crippen LogP) is 3.62. The molecule has 1 aliphatic carbocycles. The topological polar surface area (TPSA) is 23.5 Å². The van der Waals surface area contributed by atoms with E-state index in [-0.39, 0.29) is 6.10 Å². The van der Waals surface area contributed by atoms with Crippen LogP contribution in [0.5, 0.6) is 0 Å². The molecule has 106 valence electrons. The van der Waals surface area contributed by atoms with E-state index in [0.29, 0.717) is 5.92 Å². The number of aliphatic hydroxyl groups excluding tert-OH is 1. The molecular formula is C17H27NO. The first-order valence-electron chi connectivity index (χ1n) is 7.60. The van der Waals surface area contributed by atoms with Crippen LogP contribution in [-0.4, -0.2) is 24.3 Å². The van der Waals surface area contributed by atoms with Crippen molar-refractivity contribution in [2.75, 3.05) is 18.0 Å². The minimum atomic E-state index is -0.116. The summed E-state index contributed by atoms with van der Waals surface area (Å²) in [5.41, 5.74) is 2.64. The van der Waals surface area contributed by atoms with Crippen LogP contribution < -0.4 is 4.90 Å². The fourth-order valence-corrected chi connectivity index (χ4v) is 3.28. The van der Waals surface area contributed by atoms with Crippen molar-refractivity contribution in [3.8, 4) is 0 Å². The predicted molar refractivity (Wildman–Crippen MR) is 81.6 cm³/mol. The summed E-state index contributed by atoms with van der Waals surface area (Å²) in [6.07, 6.45) is 3.18. The molecule has 0 spiro atoms. The molecule has 0 aromatic heterocycles. The zero-order valence-corrected chi connectivity index (χ0v) is 12.5. The molecule has 1 N–H and O–H groups in total. The third kappa shape index (κ3) is 3.50. The number of aryl methyl sites for hydroxylation is 1. The van der Waals surface area contributed by atoms with Crippen molar-refractivity contribution in [3.05, 3.63) is 29.8 Å². The fraction of sp³-hybridized carbons (Fsp3) is 0.647. The first-order chi connectivity index (χ1) is 9.11. The van der Waals surface area contributed by atoms with Gasteiger partial charge in [0.15, 0.2) is 0 Å². The Morgan fingerprint density at radius 1 is 1.26 bits per heavy atom. The van der Waals surface area contributed by atoms with E-state index in [4.69, 9.17) is 0 Å². The number of para-hydroxylation sites is 1. The third-order valence-electron chi connectivity index (χ3n) is 4.50. The summed E-state index contributed by atoms with van der Waals surface area (Å²) in [6.45, 7) is 8.65. The molecule has 1 aliphatic rings. The fourth-order valence-electron chi connectivity index (χ4n) is 3.28. The maximum Gasteiger partial charge on any atom is 0.0585 e. The average molecular weight is 261 g/mol. The van der Waals surface area contributed by atoms with Gasteiger partial charge in [0.1, 0.15) is 0 Å². The molecule has 1 saturated carbocycles. The van der Waals surface area contributed by atoms with Crippen LogP contribution >= 0.6 is 0 Å². The SMILES string of the molecule is CCN(CC1CC(C)CCC1O)c1ccccc1C. The van der Waals surface area contributed by atoms with Crippen molar-refractivity contribution in [2.45, 2.75) is 46.1 Å². The van der Waals surface area contributed by atoms with Gasteiger partial charge in [-0.1, -0.05) is 25.1 Å². The molecule has 0 bridgehead atoms. The van der Waals surface area contributed by atoms with E-state index in [9.17, 15) is 5.11 Å². The number of nitrogens with zero attached hydrogens (tertiary/aromatic N) is 1. The highest BCUT2D eigenvalue weighted by molar-refractivity contribution is 5.52. The van der Waals surface area contributed by atoms with Crippen LogP contribution in [-0.2, 0) is 0 Å². The Kier molecular flexibility index (Phi) is 4.87. The van der Waals surface area contributed by atoms with E-state index in [1.54, 1.807) is 0 Å². The van der Waals surface area contributed by atoms with Gasteiger partial charge in [-0.3, -0.25) is 0 Å². The van der Waals surface area contributed by atoms with Gasteiger partial charge in [0, 0.05) is 24.7 Å². The van der Waals surface area contributed by atoms with Gasteiger partial charge in [-0.2, -0.15) is 0 Å². The number of rotatable bonds is 4. The second kappa shape index (κ2) is 6.42. The van der Waals surface area contributed by atoms with Crippen molar-refractivity contribution in [1.82, 2.24) is 0 Å². The van der Waals surface area contributed by atoms with Crippen molar-refractivity contribution in [1.29, 1.82) is 0 Å². The molecule has 0 saturated heterocycles. The van der Waals surface area contributed by atoms with Crippen molar-refractivity contribution in [2.24, 2.45) is 11.8 Å². The van der Waals surface area contributed by atoms with Gasteiger partial charge in [0.05, 0.1) is 6.10 Å². The van der Waals surface area contributed by atoms with Gasteiger partial charge < -0.3 is 10.0 Å². The molecular weight excluding hydrogens is 234 g/mol. The van der Waals surface area contributed by atoms with E-state index in [0.717, 1.165) is 31.8 Å². The number of benzene rings is 1. The Morgan fingerprint density at radius 2 is 2.00 bits per heavy atom. The van der Waals surface area contributed by atoms with E-state index < -0.39 is 0 Å². The van der Waals surface area contributed by atoms with Crippen LogP contribution in [0.25, 0.3) is 0 Å². The minimum absolute atomic E-state index is 0.116. The summed E-state index contributed by atoms with van der Waals surface area (Å²) in [5, 5.41) is 10.2. The maximum absolute atomic E-state index is 10.2. The molecule has 1 fully saturated rings. The molecule has 0 heterocycles. The largest absolute Gasteiger partial charge is 0.393 e. The van der Waals surface area contributed by atoms with Gasteiger partial charge >= 0.3 is 0 Å². The van der Waals surface area contributed by atoms with Crippen molar-refractivity contribution in [3.63, 3.8) is 0 Å². The Balaban J connectivity index is 2.08. The van der Waals surface area contributed by atoms with Crippen LogP contribution in [0.15, 0.2) is 24.3 Å². The molecule has 0 amide bonds. The number of hydrogen-bond donors (Lipinski definition) is 1. The summed E-state index contributed by atoms with van der Waals surface area (Å²) >= 11 is 0. The molecule has 2 heteroatoms. The third-order valence-corrected chi connectivity index (χ3v) is 4.50. The van der Waals surface area contributed by atoms with Crippen LogP contribution in [0.2, 0.25) is 0 Å². The lowest BCUT2D eigenvalue weighted by atomic mass is 9.80. The highest BCUT2D eigenvalue weighted by atomic mass is 16.3. The molecule has 3 unspecified atom stereocenters. The molecule has 3 atom stereocenters. The Morgan fingerprint density at radius 3 is 2.68 bits per heavy atom. The lowest BCUT2D eigenvalue weighted by Gasteiger charge is -2.36. The lowest BCUT2D eigenvalue weighted by Crippen LogP contribution is -2.38. The normalized spacial score (nSPS) is 27.3. The van der Waals surface area contributed by atoms with Gasteiger partial charge in [0.2, 0.25) is 0 Å². The Labute approximate surface area is 117 Å². The van der Waals surface area contributed by atoms with E-state index in [2.05, 4.69) is 49.9 Å². The van der Waals surface area contributed by atoms with Crippen LogP contribution in [0, 0.1) is 18.8 Å². The van der Waals surface area contributed by atoms with Crippen LogP contribution in [0.3, 0.4) is 0 Å². The van der Waals surface area contributed by atoms with Crippen LogP contribution in [0.1, 0.15) is 38.7 Å². The van der Waals surface area contributed by atoms with Crippen molar-refractivity contribution < 1.29 is 5.11 Å². The molecule has 1 aromatic rings. The highest BCUT2D eigenvalue weighted by Crippen LogP contribution is 2.31. The van der Waals surface area contributed by atoms with Gasteiger partial charge in [-0.25, -0.2) is 0 Å². The lowest BCUT2D eigenvalue weighted by molar-refractivity contribution is 0.0552. The smallest absolute Gasteiger partial charge is 0.0585 e. The second-order valence-corrected chi connectivity index (χ2v) is 6.07. The molecule has 0 aliphatic heterocycles. The van der Waals surface area contributed by atoms with Crippen molar-refractivity contribution >= 4 is 5.69 Å². The summed E-state index contributed by atoms with van der Waals surface area (Å²) in [5.74, 6) is 1.17. The molecule has 2 rings (SSSR count). The summed E-state index contributed by atoms with van der Waals surface area (Å²) in [4.78, 5) is 2.42. The molecule has 0 radical (unpaired) electrons. The average Bonchev–Trinajstić information content (AvgIpc) is 2.41. The number of anilines is 1. The van der Waals surface area contributed by atoms with E-state index in [1.165, 1.54) is 17.7 Å².